The van der Waals surface area contributed by atoms with Crippen LogP contribution in [0.25, 0.3) is 11.4 Å². The number of hydrogen-bond acceptors (Lipinski definition) is 2. The normalized spacial score (nSPS) is 10.4. The van der Waals surface area contributed by atoms with Gasteiger partial charge in [0.1, 0.15) is 5.82 Å². The maximum Gasteiger partial charge on any atom is 0.213 e. The lowest BCUT2D eigenvalue weighted by molar-refractivity contribution is 0.621. The van der Waals surface area contributed by atoms with Gasteiger partial charge in [-0.3, -0.25) is 10.2 Å². The maximum atomic E-state index is 13.1. The maximum absolute atomic E-state index is 13.1. The molecule has 2 rings (SSSR count). The van der Waals surface area contributed by atoms with Crippen LogP contribution in [0.2, 0.25) is 0 Å². The second kappa shape index (κ2) is 3.62. The van der Waals surface area contributed by atoms with E-state index in [1.54, 1.807) is 12.1 Å². The predicted molar refractivity (Wildman–Crippen MR) is 56.9 cm³/mol. The van der Waals surface area contributed by atoms with E-state index in [2.05, 4.69) is 31.1 Å². The molecule has 0 fully saturated rings. The molecule has 0 aliphatic carbocycles. The predicted octanol–water partition coefficient (Wildman–Crippen LogP) is 3.04. The van der Waals surface area contributed by atoms with E-state index in [0.29, 0.717) is 20.6 Å². The molecule has 0 aliphatic rings. The van der Waals surface area contributed by atoms with Gasteiger partial charge in [0, 0.05) is 5.56 Å². The van der Waals surface area contributed by atoms with E-state index in [-0.39, 0.29) is 5.82 Å². The van der Waals surface area contributed by atoms with Crippen LogP contribution in [0.5, 0.6) is 0 Å². The lowest BCUT2D eigenvalue weighted by atomic mass is 10.2. The summed E-state index contributed by atoms with van der Waals surface area (Å²) >= 11 is 7.86. The van der Waals surface area contributed by atoms with Crippen LogP contribution >= 0.6 is 28.1 Å². The molecule has 1 heterocycles. The highest BCUT2D eigenvalue weighted by molar-refractivity contribution is 9.10. The van der Waals surface area contributed by atoms with E-state index in [0.717, 1.165) is 0 Å². The Kier molecular flexibility index (Phi) is 2.47. The second-order valence-corrected chi connectivity index (χ2v) is 3.89. The average Bonchev–Trinajstić information content (AvgIpc) is 2.57. The Hall–Kier alpha value is -1.01. The molecule has 0 atom stereocenters. The molecule has 72 valence electrons. The quantitative estimate of drug-likeness (QED) is 0.785. The Morgan fingerprint density at radius 2 is 2.14 bits per heavy atom. The largest absolute Gasteiger partial charge is 0.282 e. The SMILES string of the molecule is Fc1cc(-c2nc(=S)[nH][nH]2)ccc1Br. The molecule has 3 nitrogen and oxygen atoms in total. The summed E-state index contributed by atoms with van der Waals surface area (Å²) in [6.07, 6.45) is 0. The van der Waals surface area contributed by atoms with Crippen LogP contribution in [0.3, 0.4) is 0 Å². The smallest absolute Gasteiger partial charge is 0.213 e. The summed E-state index contributed by atoms with van der Waals surface area (Å²) in [5.74, 6) is 0.200. The number of H-pyrrole nitrogens is 2. The van der Waals surface area contributed by atoms with Gasteiger partial charge in [0.25, 0.3) is 0 Å². The van der Waals surface area contributed by atoms with E-state index < -0.39 is 0 Å². The summed E-state index contributed by atoms with van der Waals surface area (Å²) < 4.78 is 13.9. The number of aromatic amines is 2. The Morgan fingerprint density at radius 1 is 1.36 bits per heavy atom. The number of aromatic nitrogens is 3. The Labute approximate surface area is 92.5 Å². The number of nitrogens with one attached hydrogen (secondary N) is 2. The first-order chi connectivity index (χ1) is 6.66. The van der Waals surface area contributed by atoms with Crippen LogP contribution in [0, 0.1) is 10.6 Å². The minimum absolute atomic E-state index is 0.329. The average molecular weight is 274 g/mol. The van der Waals surface area contributed by atoms with Crippen LogP contribution in [-0.2, 0) is 0 Å². The zero-order valence-electron chi connectivity index (χ0n) is 6.84. The molecular formula is C8H5BrFN3S. The van der Waals surface area contributed by atoms with Crippen molar-refractivity contribution in [2.75, 3.05) is 0 Å². The summed E-state index contributed by atoms with van der Waals surface area (Å²) in [5.41, 5.74) is 0.651. The third-order valence-electron chi connectivity index (χ3n) is 1.69. The lowest BCUT2D eigenvalue weighted by Gasteiger charge is -1.97. The van der Waals surface area contributed by atoms with E-state index in [4.69, 9.17) is 12.2 Å². The molecule has 0 radical (unpaired) electrons. The van der Waals surface area contributed by atoms with Crippen LogP contribution in [0.1, 0.15) is 0 Å². The van der Waals surface area contributed by atoms with Crippen LogP contribution in [-0.4, -0.2) is 15.2 Å². The first-order valence-electron chi connectivity index (χ1n) is 3.77. The number of halogens is 2. The van der Waals surface area contributed by atoms with Crippen molar-refractivity contribution in [3.05, 3.63) is 33.3 Å². The van der Waals surface area contributed by atoms with Crippen LogP contribution in [0.4, 0.5) is 4.39 Å². The van der Waals surface area contributed by atoms with E-state index in [1.165, 1.54) is 6.07 Å². The highest BCUT2D eigenvalue weighted by atomic mass is 79.9. The summed E-state index contributed by atoms with van der Waals surface area (Å²) in [6.45, 7) is 0. The first-order valence-corrected chi connectivity index (χ1v) is 4.97. The third-order valence-corrected chi connectivity index (χ3v) is 2.53. The van der Waals surface area contributed by atoms with E-state index in [1.807, 2.05) is 0 Å². The van der Waals surface area contributed by atoms with Gasteiger partial charge in [0.05, 0.1) is 4.47 Å². The molecule has 0 spiro atoms. The van der Waals surface area contributed by atoms with Gasteiger partial charge in [-0.2, -0.15) is 4.98 Å². The fourth-order valence-electron chi connectivity index (χ4n) is 1.05. The highest BCUT2D eigenvalue weighted by Gasteiger charge is 2.04. The fraction of sp³-hybridized carbons (Fsp3) is 0. The lowest BCUT2D eigenvalue weighted by Crippen LogP contribution is -1.83. The topological polar surface area (TPSA) is 44.5 Å². The van der Waals surface area contributed by atoms with Crippen molar-refractivity contribution >= 4 is 28.1 Å². The Bertz CT molecular complexity index is 519. The standard InChI is InChI=1S/C8H5BrFN3S/c9-5-2-1-4(3-6(5)10)7-11-8(14)13-12-7/h1-3H,(H2,11,12,13,14). The molecule has 6 heteroatoms. The summed E-state index contributed by atoms with van der Waals surface area (Å²) in [7, 11) is 0. The molecule has 0 bridgehead atoms. The van der Waals surface area contributed by atoms with Crippen LogP contribution < -0.4 is 0 Å². The molecule has 14 heavy (non-hydrogen) atoms. The summed E-state index contributed by atoms with van der Waals surface area (Å²) in [5, 5.41) is 5.39. The molecular weight excluding hydrogens is 269 g/mol. The molecule has 0 unspecified atom stereocenters. The van der Waals surface area contributed by atoms with E-state index in [9.17, 15) is 4.39 Å². The number of benzene rings is 1. The summed E-state index contributed by atoms with van der Waals surface area (Å²) in [6, 6.07) is 4.75. The highest BCUT2D eigenvalue weighted by Crippen LogP contribution is 2.21. The van der Waals surface area contributed by atoms with Crippen molar-refractivity contribution in [3.8, 4) is 11.4 Å². The minimum Gasteiger partial charge on any atom is -0.282 e. The van der Waals surface area contributed by atoms with Crippen molar-refractivity contribution in [1.82, 2.24) is 15.2 Å². The minimum atomic E-state index is -0.329. The fourth-order valence-corrected chi connectivity index (χ4v) is 1.44. The number of hydrogen-bond donors (Lipinski definition) is 2. The van der Waals surface area contributed by atoms with Crippen molar-refractivity contribution in [1.29, 1.82) is 0 Å². The van der Waals surface area contributed by atoms with E-state index >= 15 is 0 Å². The van der Waals surface area contributed by atoms with Gasteiger partial charge in [-0.1, -0.05) is 0 Å². The molecule has 0 saturated carbocycles. The van der Waals surface area contributed by atoms with Crippen LogP contribution in [0.15, 0.2) is 22.7 Å². The number of rotatable bonds is 1. The van der Waals surface area contributed by atoms with Crippen molar-refractivity contribution < 1.29 is 4.39 Å². The van der Waals surface area contributed by atoms with Gasteiger partial charge < -0.3 is 0 Å². The van der Waals surface area contributed by atoms with Gasteiger partial charge in [0.15, 0.2) is 5.82 Å². The molecule has 0 saturated heterocycles. The third kappa shape index (κ3) is 1.76. The van der Waals surface area contributed by atoms with Crippen molar-refractivity contribution in [2.45, 2.75) is 0 Å². The first kappa shape index (κ1) is 9.54. The number of nitrogens with zero attached hydrogens (tertiary/aromatic N) is 1. The molecule has 2 aromatic rings. The van der Waals surface area contributed by atoms with Gasteiger partial charge in [-0.15, -0.1) is 0 Å². The Morgan fingerprint density at radius 3 is 2.71 bits per heavy atom. The molecule has 1 aromatic heterocycles. The molecule has 0 amide bonds. The van der Waals surface area contributed by atoms with Gasteiger partial charge in [-0.05, 0) is 46.3 Å². The summed E-state index contributed by atoms with van der Waals surface area (Å²) in [4.78, 5) is 3.97. The zero-order valence-corrected chi connectivity index (χ0v) is 9.25. The molecule has 0 aliphatic heterocycles. The molecule has 2 N–H and O–H groups in total. The Balaban J connectivity index is 2.52. The zero-order chi connectivity index (χ0) is 10.1. The monoisotopic (exact) mass is 273 g/mol. The van der Waals surface area contributed by atoms with Gasteiger partial charge in [-0.25, -0.2) is 4.39 Å². The van der Waals surface area contributed by atoms with Crippen molar-refractivity contribution in [3.63, 3.8) is 0 Å². The van der Waals surface area contributed by atoms with Crippen molar-refractivity contribution in [2.24, 2.45) is 0 Å². The molecule has 1 aromatic carbocycles. The second-order valence-electron chi connectivity index (χ2n) is 2.64. The van der Waals surface area contributed by atoms with Gasteiger partial charge >= 0.3 is 0 Å². The van der Waals surface area contributed by atoms with Gasteiger partial charge in [0.2, 0.25) is 4.77 Å².